The maximum Gasteiger partial charge on any atom is 0.0756 e. The van der Waals surface area contributed by atoms with E-state index < -0.39 is 5.60 Å². The van der Waals surface area contributed by atoms with E-state index in [0.29, 0.717) is 5.92 Å². The molecule has 0 unspecified atom stereocenters. The molecule has 1 heteroatoms. The fourth-order valence-corrected chi connectivity index (χ4v) is 3.71. The Morgan fingerprint density at radius 3 is 2.06 bits per heavy atom. The summed E-state index contributed by atoms with van der Waals surface area (Å²) in [4.78, 5) is 0. The average molecular weight is 230 g/mol. The van der Waals surface area contributed by atoms with Gasteiger partial charge in [-0.15, -0.1) is 0 Å². The van der Waals surface area contributed by atoms with Gasteiger partial charge in [0, 0.05) is 12.8 Å². The van der Waals surface area contributed by atoms with Gasteiger partial charge in [-0.05, 0) is 35.8 Å². The quantitative estimate of drug-likeness (QED) is 0.784. The van der Waals surface area contributed by atoms with Gasteiger partial charge in [-0.1, -0.05) is 44.0 Å². The number of rotatable bonds is 1. The van der Waals surface area contributed by atoms with Crippen molar-refractivity contribution < 1.29 is 5.11 Å². The van der Waals surface area contributed by atoms with Gasteiger partial charge >= 0.3 is 0 Å². The van der Waals surface area contributed by atoms with Crippen molar-refractivity contribution in [2.24, 2.45) is 11.8 Å². The predicted molar refractivity (Wildman–Crippen MR) is 69.9 cm³/mol. The zero-order valence-electron chi connectivity index (χ0n) is 10.7. The standard InChI is InChI=1S/C16H22O/c1-12-6-8-15(9-7-12)16(17)10-13-4-2-3-5-14(13)11-16/h2-5,12,15,17H,6-11H2,1H3. The van der Waals surface area contributed by atoms with E-state index in [1.54, 1.807) is 0 Å². The van der Waals surface area contributed by atoms with Gasteiger partial charge < -0.3 is 5.11 Å². The Balaban J connectivity index is 1.77. The topological polar surface area (TPSA) is 20.2 Å². The zero-order valence-corrected chi connectivity index (χ0v) is 10.7. The van der Waals surface area contributed by atoms with Crippen LogP contribution < -0.4 is 0 Å². The largest absolute Gasteiger partial charge is 0.389 e. The fourth-order valence-electron chi connectivity index (χ4n) is 3.71. The van der Waals surface area contributed by atoms with E-state index in [-0.39, 0.29) is 0 Å². The van der Waals surface area contributed by atoms with Gasteiger partial charge in [0.1, 0.15) is 0 Å². The molecule has 2 aliphatic carbocycles. The summed E-state index contributed by atoms with van der Waals surface area (Å²) < 4.78 is 0. The smallest absolute Gasteiger partial charge is 0.0756 e. The molecular formula is C16H22O. The molecule has 0 radical (unpaired) electrons. The highest BCUT2D eigenvalue weighted by Gasteiger charge is 2.42. The first-order valence-corrected chi connectivity index (χ1v) is 6.96. The van der Waals surface area contributed by atoms with Crippen molar-refractivity contribution in [3.8, 4) is 0 Å². The Hall–Kier alpha value is -0.820. The molecule has 0 atom stereocenters. The van der Waals surface area contributed by atoms with Crippen LogP contribution in [0, 0.1) is 11.8 Å². The van der Waals surface area contributed by atoms with Crippen molar-refractivity contribution >= 4 is 0 Å². The number of fused-ring (bicyclic) bond motifs is 1. The molecular weight excluding hydrogens is 208 g/mol. The minimum atomic E-state index is -0.441. The molecule has 1 aromatic carbocycles. The third-order valence-corrected chi connectivity index (χ3v) is 4.89. The van der Waals surface area contributed by atoms with Crippen LogP contribution in [0.25, 0.3) is 0 Å². The molecule has 2 aliphatic rings. The highest BCUT2D eigenvalue weighted by Crippen LogP contribution is 2.42. The van der Waals surface area contributed by atoms with E-state index in [4.69, 9.17) is 0 Å². The second-order valence-corrected chi connectivity index (χ2v) is 6.18. The number of benzene rings is 1. The van der Waals surface area contributed by atoms with Crippen LogP contribution in [0.15, 0.2) is 24.3 Å². The maximum atomic E-state index is 10.9. The molecule has 1 N–H and O–H groups in total. The van der Waals surface area contributed by atoms with E-state index in [0.717, 1.165) is 18.8 Å². The van der Waals surface area contributed by atoms with Crippen LogP contribution in [0.1, 0.15) is 43.7 Å². The van der Waals surface area contributed by atoms with Crippen LogP contribution in [0.5, 0.6) is 0 Å². The van der Waals surface area contributed by atoms with E-state index in [9.17, 15) is 5.11 Å². The van der Waals surface area contributed by atoms with Gasteiger partial charge in [0.25, 0.3) is 0 Å². The van der Waals surface area contributed by atoms with Crippen molar-refractivity contribution in [3.05, 3.63) is 35.4 Å². The third kappa shape index (κ3) is 2.01. The lowest BCUT2D eigenvalue weighted by Crippen LogP contribution is -2.40. The Morgan fingerprint density at radius 2 is 1.53 bits per heavy atom. The van der Waals surface area contributed by atoms with Crippen molar-refractivity contribution in [3.63, 3.8) is 0 Å². The lowest BCUT2D eigenvalue weighted by Gasteiger charge is -2.37. The van der Waals surface area contributed by atoms with Gasteiger partial charge in [-0.3, -0.25) is 0 Å². The molecule has 0 bridgehead atoms. The summed E-state index contributed by atoms with van der Waals surface area (Å²) in [6.45, 7) is 2.34. The van der Waals surface area contributed by atoms with Crippen molar-refractivity contribution in [2.75, 3.05) is 0 Å². The summed E-state index contributed by atoms with van der Waals surface area (Å²) in [5.74, 6) is 1.38. The molecule has 0 heterocycles. The molecule has 1 saturated carbocycles. The molecule has 1 nitrogen and oxygen atoms in total. The van der Waals surface area contributed by atoms with Crippen LogP contribution in [-0.4, -0.2) is 10.7 Å². The molecule has 1 aromatic rings. The SMILES string of the molecule is CC1CCC(C2(O)Cc3ccccc3C2)CC1. The van der Waals surface area contributed by atoms with E-state index in [1.165, 1.54) is 36.8 Å². The second-order valence-electron chi connectivity index (χ2n) is 6.18. The van der Waals surface area contributed by atoms with Gasteiger partial charge in [0.05, 0.1) is 5.60 Å². The summed E-state index contributed by atoms with van der Waals surface area (Å²) in [6, 6.07) is 8.54. The molecule has 0 aliphatic heterocycles. The number of hydrogen-bond donors (Lipinski definition) is 1. The highest BCUT2D eigenvalue weighted by atomic mass is 16.3. The summed E-state index contributed by atoms with van der Waals surface area (Å²) >= 11 is 0. The summed E-state index contributed by atoms with van der Waals surface area (Å²) in [5.41, 5.74) is 2.30. The van der Waals surface area contributed by atoms with Crippen molar-refractivity contribution in [2.45, 2.75) is 51.0 Å². The zero-order chi connectivity index (χ0) is 11.9. The minimum Gasteiger partial charge on any atom is -0.389 e. The lowest BCUT2D eigenvalue weighted by atomic mass is 9.72. The monoisotopic (exact) mass is 230 g/mol. The van der Waals surface area contributed by atoms with Crippen LogP contribution in [-0.2, 0) is 12.8 Å². The van der Waals surface area contributed by atoms with E-state index in [1.807, 2.05) is 0 Å². The van der Waals surface area contributed by atoms with Crippen LogP contribution in [0.4, 0.5) is 0 Å². The maximum absolute atomic E-state index is 10.9. The number of hydrogen-bond acceptors (Lipinski definition) is 1. The van der Waals surface area contributed by atoms with E-state index >= 15 is 0 Å². The molecule has 0 amide bonds. The molecule has 3 rings (SSSR count). The summed E-state index contributed by atoms with van der Waals surface area (Å²) in [7, 11) is 0. The summed E-state index contributed by atoms with van der Waals surface area (Å²) in [6.07, 6.45) is 6.77. The van der Waals surface area contributed by atoms with Crippen LogP contribution >= 0.6 is 0 Å². The molecule has 0 aromatic heterocycles. The molecule has 92 valence electrons. The first kappa shape index (κ1) is 11.3. The third-order valence-electron chi connectivity index (χ3n) is 4.89. The van der Waals surface area contributed by atoms with Gasteiger partial charge in [-0.2, -0.15) is 0 Å². The second kappa shape index (κ2) is 4.13. The van der Waals surface area contributed by atoms with Gasteiger partial charge in [-0.25, -0.2) is 0 Å². The molecule has 1 fully saturated rings. The molecule has 0 saturated heterocycles. The van der Waals surface area contributed by atoms with Crippen LogP contribution in [0.2, 0.25) is 0 Å². The fraction of sp³-hybridized carbons (Fsp3) is 0.625. The van der Waals surface area contributed by atoms with Crippen molar-refractivity contribution in [1.82, 2.24) is 0 Å². The summed E-state index contributed by atoms with van der Waals surface area (Å²) in [5, 5.41) is 10.9. The molecule has 17 heavy (non-hydrogen) atoms. The first-order valence-electron chi connectivity index (χ1n) is 6.96. The normalized spacial score (nSPS) is 31.2. The van der Waals surface area contributed by atoms with Crippen LogP contribution in [0.3, 0.4) is 0 Å². The Kier molecular flexibility index (Phi) is 2.74. The lowest BCUT2D eigenvalue weighted by molar-refractivity contribution is -0.0284. The van der Waals surface area contributed by atoms with Gasteiger partial charge in [0.15, 0.2) is 0 Å². The highest BCUT2D eigenvalue weighted by molar-refractivity contribution is 5.35. The molecule has 0 spiro atoms. The average Bonchev–Trinajstić information content (AvgIpc) is 2.67. The Labute approximate surface area is 104 Å². The Bertz CT molecular complexity index is 377. The Morgan fingerprint density at radius 1 is 1.00 bits per heavy atom. The first-order chi connectivity index (χ1) is 8.17. The number of aliphatic hydroxyl groups is 1. The van der Waals surface area contributed by atoms with E-state index in [2.05, 4.69) is 31.2 Å². The minimum absolute atomic E-state index is 0.441. The van der Waals surface area contributed by atoms with Gasteiger partial charge in [0.2, 0.25) is 0 Å². The van der Waals surface area contributed by atoms with Crippen molar-refractivity contribution in [1.29, 1.82) is 0 Å². The predicted octanol–water partition coefficient (Wildman–Crippen LogP) is 3.34.